The van der Waals surface area contributed by atoms with Crippen LogP contribution in [0.1, 0.15) is 11.6 Å². The van der Waals surface area contributed by atoms with Crippen molar-refractivity contribution >= 4 is 10.9 Å². The Morgan fingerprint density at radius 2 is 1.86 bits per heavy atom. The van der Waals surface area contributed by atoms with E-state index in [9.17, 15) is 0 Å². The zero-order valence-electron chi connectivity index (χ0n) is 8.03. The highest BCUT2D eigenvalue weighted by atomic mass is 14.8. The van der Waals surface area contributed by atoms with Crippen LogP contribution < -0.4 is 11.5 Å². The maximum Gasteiger partial charge on any atom is 0.0456 e. The summed E-state index contributed by atoms with van der Waals surface area (Å²) in [4.78, 5) is 3.34. The summed E-state index contributed by atoms with van der Waals surface area (Å²) < 4.78 is 0. The Bertz CT molecular complexity index is 382. The number of H-pyrrole nitrogens is 1. The number of aromatic nitrogens is 1. The molecule has 0 amide bonds. The van der Waals surface area contributed by atoms with Crippen LogP contribution in [-0.2, 0) is 0 Å². The third-order valence-electron chi connectivity index (χ3n) is 2.56. The minimum Gasteiger partial charge on any atom is -0.358 e. The molecule has 3 nitrogen and oxygen atoms in total. The molecule has 0 spiro atoms. The summed E-state index contributed by atoms with van der Waals surface area (Å²) >= 11 is 0. The average molecular weight is 189 g/mol. The van der Waals surface area contributed by atoms with Gasteiger partial charge in [0.05, 0.1) is 0 Å². The van der Waals surface area contributed by atoms with E-state index in [0.29, 0.717) is 13.1 Å². The number of hydrogen-bond donors (Lipinski definition) is 3. The van der Waals surface area contributed by atoms with Gasteiger partial charge in [0, 0.05) is 30.2 Å². The molecule has 1 aromatic carbocycles. The minimum absolute atomic E-state index is 0.238. The molecular formula is C11H15N3. The Labute approximate surface area is 83.1 Å². The monoisotopic (exact) mass is 189 g/mol. The lowest BCUT2D eigenvalue weighted by Gasteiger charge is -2.08. The van der Waals surface area contributed by atoms with Crippen molar-refractivity contribution < 1.29 is 0 Å². The van der Waals surface area contributed by atoms with E-state index in [1.807, 2.05) is 12.1 Å². The smallest absolute Gasteiger partial charge is 0.0456 e. The van der Waals surface area contributed by atoms with Crippen LogP contribution in [0.25, 0.3) is 10.9 Å². The molecule has 0 saturated heterocycles. The lowest BCUT2D eigenvalue weighted by atomic mass is 10.1. The van der Waals surface area contributed by atoms with E-state index < -0.39 is 0 Å². The SMILES string of the molecule is NCC(CN)c1cc2ccccc2[nH]1. The number of nitrogens with two attached hydrogens (primary N) is 2. The number of rotatable bonds is 3. The zero-order chi connectivity index (χ0) is 9.97. The first kappa shape index (κ1) is 9.24. The van der Waals surface area contributed by atoms with Crippen LogP contribution in [0.5, 0.6) is 0 Å². The van der Waals surface area contributed by atoms with Gasteiger partial charge in [-0.25, -0.2) is 0 Å². The Morgan fingerprint density at radius 3 is 2.50 bits per heavy atom. The van der Waals surface area contributed by atoms with E-state index in [0.717, 1.165) is 11.2 Å². The van der Waals surface area contributed by atoms with Gasteiger partial charge in [0.2, 0.25) is 0 Å². The van der Waals surface area contributed by atoms with Gasteiger partial charge < -0.3 is 16.5 Å². The molecule has 0 unspecified atom stereocenters. The van der Waals surface area contributed by atoms with Crippen LogP contribution in [0.15, 0.2) is 30.3 Å². The first-order chi connectivity index (χ1) is 6.85. The van der Waals surface area contributed by atoms with Crippen molar-refractivity contribution in [3.8, 4) is 0 Å². The van der Waals surface area contributed by atoms with E-state index in [-0.39, 0.29) is 5.92 Å². The largest absolute Gasteiger partial charge is 0.358 e. The predicted molar refractivity (Wildman–Crippen MR) is 59.1 cm³/mol. The molecule has 3 heteroatoms. The van der Waals surface area contributed by atoms with Gasteiger partial charge in [0.1, 0.15) is 0 Å². The van der Waals surface area contributed by atoms with E-state index in [4.69, 9.17) is 11.5 Å². The van der Waals surface area contributed by atoms with Crippen LogP contribution >= 0.6 is 0 Å². The van der Waals surface area contributed by atoms with E-state index in [2.05, 4.69) is 23.2 Å². The maximum atomic E-state index is 5.64. The fourth-order valence-electron chi connectivity index (χ4n) is 1.67. The van der Waals surface area contributed by atoms with Crippen molar-refractivity contribution in [3.05, 3.63) is 36.0 Å². The van der Waals surface area contributed by atoms with Gasteiger partial charge in [-0.15, -0.1) is 0 Å². The molecule has 5 N–H and O–H groups in total. The van der Waals surface area contributed by atoms with Gasteiger partial charge in [-0.3, -0.25) is 0 Å². The Kier molecular flexibility index (Phi) is 2.52. The molecule has 0 atom stereocenters. The van der Waals surface area contributed by atoms with Gasteiger partial charge in [0.25, 0.3) is 0 Å². The zero-order valence-corrected chi connectivity index (χ0v) is 8.03. The average Bonchev–Trinajstić information content (AvgIpc) is 2.63. The molecule has 2 rings (SSSR count). The molecule has 0 aliphatic carbocycles. The number of hydrogen-bond acceptors (Lipinski definition) is 2. The van der Waals surface area contributed by atoms with Crippen LogP contribution in [0.2, 0.25) is 0 Å². The third-order valence-corrected chi connectivity index (χ3v) is 2.56. The second kappa shape index (κ2) is 3.82. The molecule has 0 saturated carbocycles. The van der Waals surface area contributed by atoms with Crippen molar-refractivity contribution in [1.29, 1.82) is 0 Å². The van der Waals surface area contributed by atoms with Gasteiger partial charge in [-0.1, -0.05) is 18.2 Å². The Balaban J connectivity index is 2.43. The van der Waals surface area contributed by atoms with Crippen LogP contribution in [0, 0.1) is 0 Å². The summed E-state index contributed by atoms with van der Waals surface area (Å²) in [7, 11) is 0. The summed E-state index contributed by atoms with van der Waals surface area (Å²) in [5, 5.41) is 1.22. The molecule has 0 fully saturated rings. The quantitative estimate of drug-likeness (QED) is 0.678. The van der Waals surface area contributed by atoms with Gasteiger partial charge in [-0.05, 0) is 17.5 Å². The van der Waals surface area contributed by atoms with E-state index in [1.165, 1.54) is 5.39 Å². The highest BCUT2D eigenvalue weighted by molar-refractivity contribution is 5.80. The molecule has 0 radical (unpaired) electrons. The second-order valence-electron chi connectivity index (χ2n) is 3.48. The predicted octanol–water partition coefficient (Wildman–Crippen LogP) is 1.17. The van der Waals surface area contributed by atoms with E-state index in [1.54, 1.807) is 0 Å². The molecule has 1 aromatic heterocycles. The summed E-state index contributed by atoms with van der Waals surface area (Å²) in [5.74, 6) is 0.238. The summed E-state index contributed by atoms with van der Waals surface area (Å²) in [6, 6.07) is 10.3. The molecule has 0 aliphatic heterocycles. The summed E-state index contributed by atoms with van der Waals surface area (Å²) in [5.41, 5.74) is 13.6. The number of nitrogens with one attached hydrogen (secondary N) is 1. The molecule has 14 heavy (non-hydrogen) atoms. The van der Waals surface area contributed by atoms with Crippen molar-refractivity contribution in [3.63, 3.8) is 0 Å². The van der Waals surface area contributed by atoms with Gasteiger partial charge >= 0.3 is 0 Å². The molecule has 1 heterocycles. The second-order valence-corrected chi connectivity index (χ2v) is 3.48. The number of para-hydroxylation sites is 1. The highest BCUT2D eigenvalue weighted by Crippen LogP contribution is 2.19. The Morgan fingerprint density at radius 1 is 1.14 bits per heavy atom. The molecule has 2 aromatic rings. The summed E-state index contributed by atoms with van der Waals surface area (Å²) in [6.45, 7) is 1.17. The third kappa shape index (κ3) is 1.52. The number of benzene rings is 1. The van der Waals surface area contributed by atoms with Gasteiger partial charge in [-0.2, -0.15) is 0 Å². The van der Waals surface area contributed by atoms with Crippen LogP contribution in [0.3, 0.4) is 0 Å². The number of aromatic amines is 1. The fourth-order valence-corrected chi connectivity index (χ4v) is 1.67. The standard InChI is InChI=1S/C11H15N3/c12-6-9(7-13)11-5-8-3-1-2-4-10(8)14-11/h1-5,9,14H,6-7,12-13H2. The van der Waals surface area contributed by atoms with Crippen LogP contribution in [-0.4, -0.2) is 18.1 Å². The maximum absolute atomic E-state index is 5.64. The molecule has 74 valence electrons. The van der Waals surface area contributed by atoms with Gasteiger partial charge in [0.15, 0.2) is 0 Å². The number of fused-ring (bicyclic) bond motifs is 1. The summed E-state index contributed by atoms with van der Waals surface area (Å²) in [6.07, 6.45) is 0. The fraction of sp³-hybridized carbons (Fsp3) is 0.273. The van der Waals surface area contributed by atoms with Crippen LogP contribution in [0.4, 0.5) is 0 Å². The van der Waals surface area contributed by atoms with E-state index >= 15 is 0 Å². The molecule has 0 bridgehead atoms. The topological polar surface area (TPSA) is 67.8 Å². The van der Waals surface area contributed by atoms with Crippen molar-refractivity contribution in [2.45, 2.75) is 5.92 Å². The minimum atomic E-state index is 0.238. The van der Waals surface area contributed by atoms with Crippen molar-refractivity contribution in [2.75, 3.05) is 13.1 Å². The Hall–Kier alpha value is -1.32. The first-order valence-corrected chi connectivity index (χ1v) is 4.83. The lowest BCUT2D eigenvalue weighted by Crippen LogP contribution is -2.21. The first-order valence-electron chi connectivity index (χ1n) is 4.83. The van der Waals surface area contributed by atoms with Crippen molar-refractivity contribution in [2.24, 2.45) is 11.5 Å². The van der Waals surface area contributed by atoms with Crippen molar-refractivity contribution in [1.82, 2.24) is 4.98 Å². The molecule has 0 aliphatic rings. The highest BCUT2D eigenvalue weighted by Gasteiger charge is 2.09. The lowest BCUT2D eigenvalue weighted by molar-refractivity contribution is 0.692. The normalized spacial score (nSPS) is 11.4. The molecular weight excluding hydrogens is 174 g/mol.